The van der Waals surface area contributed by atoms with E-state index >= 15 is 0 Å². The van der Waals surface area contributed by atoms with Crippen LogP contribution in [0.2, 0.25) is 0 Å². The van der Waals surface area contributed by atoms with Gasteiger partial charge in [0, 0.05) is 24.5 Å². The predicted octanol–water partition coefficient (Wildman–Crippen LogP) is 4.09. The van der Waals surface area contributed by atoms with Crippen LogP contribution in [0.4, 0.5) is 4.39 Å². The van der Waals surface area contributed by atoms with Gasteiger partial charge >= 0.3 is 0 Å². The number of sulfone groups is 1. The molecule has 0 aliphatic heterocycles. The molecule has 1 atom stereocenters. The number of rotatable bonds is 6. The fourth-order valence-electron chi connectivity index (χ4n) is 3.10. The molecular weight excluding hydrogens is 403 g/mol. The Kier molecular flexibility index (Phi) is 6.31. The van der Waals surface area contributed by atoms with Crippen LogP contribution >= 0.6 is 0 Å². The van der Waals surface area contributed by atoms with Crippen molar-refractivity contribution in [3.63, 3.8) is 0 Å². The van der Waals surface area contributed by atoms with Gasteiger partial charge in [0.15, 0.2) is 9.84 Å². The van der Waals surface area contributed by atoms with Gasteiger partial charge in [0.05, 0.1) is 4.90 Å². The minimum absolute atomic E-state index is 0.00400. The van der Waals surface area contributed by atoms with Crippen molar-refractivity contribution in [2.45, 2.75) is 30.9 Å². The maximum atomic E-state index is 13.7. The SMILES string of the molecule is Cc1ccc(C(=O)NC[C@H](c2cccnc2)S(=O)(=O)c2ccc(F)c(C)c2)cc1C. The molecule has 7 heteroatoms. The molecule has 0 radical (unpaired) electrons. The van der Waals surface area contributed by atoms with Crippen molar-refractivity contribution in [2.24, 2.45) is 0 Å². The third-order valence-corrected chi connectivity index (χ3v) is 7.20. The molecule has 1 heterocycles. The number of aromatic nitrogens is 1. The van der Waals surface area contributed by atoms with Crippen LogP contribution in [-0.2, 0) is 9.84 Å². The Labute approximate surface area is 175 Å². The summed E-state index contributed by atoms with van der Waals surface area (Å²) in [6.07, 6.45) is 3.00. The van der Waals surface area contributed by atoms with Gasteiger partial charge in [-0.25, -0.2) is 12.8 Å². The van der Waals surface area contributed by atoms with Crippen molar-refractivity contribution >= 4 is 15.7 Å². The third-order valence-electron chi connectivity index (χ3n) is 5.11. The van der Waals surface area contributed by atoms with Crippen LogP contribution < -0.4 is 5.32 Å². The van der Waals surface area contributed by atoms with Crippen LogP contribution in [0, 0.1) is 26.6 Å². The molecule has 0 aliphatic rings. The van der Waals surface area contributed by atoms with Crippen LogP contribution in [0.3, 0.4) is 0 Å². The summed E-state index contributed by atoms with van der Waals surface area (Å²) < 4.78 is 40.3. The second-order valence-corrected chi connectivity index (χ2v) is 9.37. The number of nitrogens with one attached hydrogen (secondary N) is 1. The molecule has 0 bridgehead atoms. The molecule has 0 saturated heterocycles. The lowest BCUT2D eigenvalue weighted by Crippen LogP contribution is -2.32. The largest absolute Gasteiger partial charge is 0.350 e. The first kappa shape index (κ1) is 21.6. The molecule has 3 aromatic rings. The molecule has 1 amide bonds. The molecule has 156 valence electrons. The second-order valence-electron chi connectivity index (χ2n) is 7.24. The number of hydrogen-bond donors (Lipinski definition) is 1. The average Bonchev–Trinajstić information content (AvgIpc) is 2.72. The first-order valence-corrected chi connectivity index (χ1v) is 11.0. The molecule has 0 aliphatic carbocycles. The number of amides is 1. The molecule has 30 heavy (non-hydrogen) atoms. The van der Waals surface area contributed by atoms with E-state index in [1.54, 1.807) is 30.5 Å². The lowest BCUT2D eigenvalue weighted by atomic mass is 10.1. The van der Waals surface area contributed by atoms with Gasteiger partial charge in [-0.05, 0) is 79.4 Å². The van der Waals surface area contributed by atoms with Gasteiger partial charge in [-0.15, -0.1) is 0 Å². The maximum Gasteiger partial charge on any atom is 0.251 e. The zero-order chi connectivity index (χ0) is 21.9. The minimum atomic E-state index is -3.91. The van der Waals surface area contributed by atoms with Crippen LogP contribution in [0.1, 0.15) is 37.9 Å². The van der Waals surface area contributed by atoms with Crippen LogP contribution in [-0.4, -0.2) is 25.9 Å². The van der Waals surface area contributed by atoms with Crippen molar-refractivity contribution < 1.29 is 17.6 Å². The minimum Gasteiger partial charge on any atom is -0.350 e. The Morgan fingerprint density at radius 1 is 1.03 bits per heavy atom. The first-order chi connectivity index (χ1) is 14.2. The number of aryl methyl sites for hydroxylation is 3. The highest BCUT2D eigenvalue weighted by Crippen LogP contribution is 2.29. The summed E-state index contributed by atoms with van der Waals surface area (Å²) in [5.41, 5.74) is 3.17. The highest BCUT2D eigenvalue weighted by atomic mass is 32.2. The number of hydrogen-bond acceptors (Lipinski definition) is 4. The average molecular weight is 427 g/mol. The summed E-state index contributed by atoms with van der Waals surface area (Å²) in [5, 5.41) is 1.66. The molecule has 0 unspecified atom stereocenters. The van der Waals surface area contributed by atoms with Gasteiger partial charge in [0.2, 0.25) is 0 Å². The van der Waals surface area contributed by atoms with E-state index in [4.69, 9.17) is 0 Å². The van der Waals surface area contributed by atoms with Crippen molar-refractivity contribution in [1.29, 1.82) is 0 Å². The predicted molar refractivity (Wildman–Crippen MR) is 114 cm³/mol. The van der Waals surface area contributed by atoms with E-state index in [-0.39, 0.29) is 22.9 Å². The Hall–Kier alpha value is -3.06. The van der Waals surface area contributed by atoms with Crippen molar-refractivity contribution in [2.75, 3.05) is 6.54 Å². The normalized spacial score (nSPS) is 12.4. The fraction of sp³-hybridized carbons (Fsp3) is 0.217. The van der Waals surface area contributed by atoms with Crippen molar-refractivity contribution in [1.82, 2.24) is 10.3 Å². The number of halogens is 1. The molecule has 1 aromatic heterocycles. The molecule has 2 aromatic carbocycles. The molecule has 3 rings (SSSR count). The third kappa shape index (κ3) is 4.57. The van der Waals surface area contributed by atoms with Gasteiger partial charge in [0.1, 0.15) is 11.1 Å². The number of carbonyl (C=O) groups excluding carboxylic acids is 1. The van der Waals surface area contributed by atoms with Crippen LogP contribution in [0.5, 0.6) is 0 Å². The number of pyridine rings is 1. The lowest BCUT2D eigenvalue weighted by molar-refractivity contribution is 0.0953. The summed E-state index contributed by atoms with van der Waals surface area (Å²) in [6, 6.07) is 12.3. The van der Waals surface area contributed by atoms with Crippen LogP contribution in [0.15, 0.2) is 65.8 Å². The quantitative estimate of drug-likeness (QED) is 0.603. The molecule has 1 N–H and O–H groups in total. The zero-order valence-corrected chi connectivity index (χ0v) is 17.8. The van der Waals surface area contributed by atoms with E-state index in [1.807, 2.05) is 19.9 Å². The topological polar surface area (TPSA) is 76.1 Å². The lowest BCUT2D eigenvalue weighted by Gasteiger charge is -2.19. The number of carbonyl (C=O) groups is 1. The van der Waals surface area contributed by atoms with E-state index < -0.39 is 20.9 Å². The summed E-state index contributed by atoms with van der Waals surface area (Å²) in [7, 11) is -3.91. The zero-order valence-electron chi connectivity index (χ0n) is 17.0. The van der Waals surface area contributed by atoms with E-state index in [2.05, 4.69) is 10.3 Å². The maximum absolute atomic E-state index is 13.7. The summed E-state index contributed by atoms with van der Waals surface area (Å²) in [5.74, 6) is -0.840. The Bertz CT molecular complexity index is 1180. The van der Waals surface area contributed by atoms with Crippen molar-refractivity contribution in [3.8, 4) is 0 Å². The Balaban J connectivity index is 1.92. The summed E-state index contributed by atoms with van der Waals surface area (Å²) in [6.45, 7) is 5.23. The van der Waals surface area contributed by atoms with E-state index in [0.29, 0.717) is 11.1 Å². The molecular formula is C23H23FN2O3S. The highest BCUT2D eigenvalue weighted by Gasteiger charge is 2.30. The highest BCUT2D eigenvalue weighted by molar-refractivity contribution is 7.91. The molecule has 0 saturated carbocycles. The summed E-state index contributed by atoms with van der Waals surface area (Å²) >= 11 is 0. The standard InChI is InChI=1S/C23H23FN2O3S/c1-15-6-7-18(11-16(15)2)23(27)26-14-22(19-5-4-10-25-13-19)30(28,29)20-8-9-21(24)17(3)12-20/h4-13,22H,14H2,1-3H3,(H,26,27)/t22-/m1/s1. The van der Waals surface area contributed by atoms with Gasteiger partial charge in [-0.2, -0.15) is 0 Å². The van der Waals surface area contributed by atoms with E-state index in [9.17, 15) is 17.6 Å². The van der Waals surface area contributed by atoms with Crippen LogP contribution in [0.25, 0.3) is 0 Å². The van der Waals surface area contributed by atoms with Gasteiger partial charge in [-0.3, -0.25) is 9.78 Å². The first-order valence-electron chi connectivity index (χ1n) is 9.45. The Morgan fingerprint density at radius 3 is 2.43 bits per heavy atom. The number of benzene rings is 2. The van der Waals surface area contributed by atoms with Gasteiger partial charge < -0.3 is 5.32 Å². The van der Waals surface area contributed by atoms with Gasteiger partial charge in [0.25, 0.3) is 5.91 Å². The fourth-order valence-corrected chi connectivity index (χ4v) is 4.83. The van der Waals surface area contributed by atoms with Gasteiger partial charge in [-0.1, -0.05) is 12.1 Å². The van der Waals surface area contributed by atoms with E-state index in [1.165, 1.54) is 25.3 Å². The summed E-state index contributed by atoms with van der Waals surface area (Å²) in [4.78, 5) is 16.6. The van der Waals surface area contributed by atoms with Crippen molar-refractivity contribution in [3.05, 3.63) is 94.6 Å². The molecule has 0 spiro atoms. The van der Waals surface area contributed by atoms with E-state index in [0.717, 1.165) is 17.2 Å². The monoisotopic (exact) mass is 426 g/mol. The second kappa shape index (κ2) is 8.75. The Morgan fingerprint density at radius 2 is 1.80 bits per heavy atom. The molecule has 5 nitrogen and oxygen atoms in total. The smallest absolute Gasteiger partial charge is 0.251 e. The number of nitrogens with zero attached hydrogens (tertiary/aromatic N) is 1. The molecule has 0 fully saturated rings.